The van der Waals surface area contributed by atoms with Crippen LogP contribution in [-0.2, 0) is 21.9 Å². The van der Waals surface area contributed by atoms with Gasteiger partial charge in [-0.1, -0.05) is 25.1 Å². The second kappa shape index (κ2) is 11.7. The highest BCUT2D eigenvalue weighted by molar-refractivity contribution is 6.08. The predicted octanol–water partition coefficient (Wildman–Crippen LogP) is 6.19. The number of carbonyl (C=O) groups excluding carboxylic acids is 2. The summed E-state index contributed by atoms with van der Waals surface area (Å²) in [4.78, 5) is 30.0. The van der Waals surface area contributed by atoms with E-state index in [0.717, 1.165) is 0 Å². The van der Waals surface area contributed by atoms with Gasteiger partial charge in [-0.2, -0.15) is 26.3 Å². The number of alkyl halides is 8. The van der Waals surface area contributed by atoms with Gasteiger partial charge in [-0.05, 0) is 43.2 Å². The second-order valence-corrected chi connectivity index (χ2v) is 9.95. The van der Waals surface area contributed by atoms with Gasteiger partial charge in [0.25, 0.3) is 0 Å². The first-order valence-corrected chi connectivity index (χ1v) is 12.4. The van der Waals surface area contributed by atoms with E-state index in [1.165, 1.54) is 16.7 Å². The maximum Gasteiger partial charge on any atom is 0.416 e. The third-order valence-electron chi connectivity index (χ3n) is 7.22. The quantitative estimate of drug-likeness (QED) is 0.361. The van der Waals surface area contributed by atoms with Gasteiger partial charge >= 0.3 is 12.4 Å². The molecule has 0 radical (unpaired) electrons. The number of anilines is 2. The molecule has 220 valence electrons. The number of halogens is 8. The van der Waals surface area contributed by atoms with Crippen molar-refractivity contribution >= 4 is 23.2 Å². The molecule has 0 bridgehead atoms. The Labute approximate surface area is 226 Å². The Morgan fingerprint density at radius 3 is 1.93 bits per heavy atom. The van der Waals surface area contributed by atoms with Gasteiger partial charge in [0.1, 0.15) is 13.3 Å². The van der Waals surface area contributed by atoms with Crippen molar-refractivity contribution in [2.24, 2.45) is 11.3 Å². The van der Waals surface area contributed by atoms with Gasteiger partial charge in [0.05, 0.1) is 22.5 Å². The van der Waals surface area contributed by atoms with Crippen LogP contribution >= 0.6 is 0 Å². The normalized spacial score (nSPS) is 19.9. The van der Waals surface area contributed by atoms with Crippen molar-refractivity contribution in [3.05, 3.63) is 58.7 Å². The van der Waals surface area contributed by atoms with Gasteiger partial charge in [-0.3, -0.25) is 14.5 Å². The second-order valence-electron chi connectivity index (χ2n) is 9.95. The lowest BCUT2D eigenvalue weighted by molar-refractivity contribution is -0.143. The zero-order chi connectivity index (χ0) is 30.0. The molecule has 2 atom stereocenters. The highest BCUT2D eigenvalue weighted by Crippen LogP contribution is 2.44. The molecule has 5 nitrogen and oxygen atoms in total. The number of benzene rings is 2. The molecule has 13 heteroatoms. The van der Waals surface area contributed by atoms with Gasteiger partial charge in [-0.25, -0.2) is 8.78 Å². The first-order valence-electron chi connectivity index (χ1n) is 12.4. The van der Waals surface area contributed by atoms with Gasteiger partial charge < -0.3 is 10.2 Å². The average Bonchev–Trinajstić information content (AvgIpc) is 3.09. The summed E-state index contributed by atoms with van der Waals surface area (Å²) < 4.78 is 107. The van der Waals surface area contributed by atoms with E-state index in [1.54, 1.807) is 32.0 Å². The van der Waals surface area contributed by atoms with Crippen LogP contribution in [0.4, 0.5) is 46.5 Å². The smallest absolute Gasteiger partial charge is 0.325 e. The van der Waals surface area contributed by atoms with E-state index < -0.39 is 65.7 Å². The van der Waals surface area contributed by atoms with Crippen molar-refractivity contribution in [1.29, 1.82) is 0 Å². The van der Waals surface area contributed by atoms with Crippen LogP contribution in [0.3, 0.4) is 0 Å². The summed E-state index contributed by atoms with van der Waals surface area (Å²) in [5.74, 6) is -2.70. The summed E-state index contributed by atoms with van der Waals surface area (Å²) >= 11 is 0. The fourth-order valence-electron chi connectivity index (χ4n) is 5.11. The van der Waals surface area contributed by atoms with Crippen molar-refractivity contribution in [2.45, 2.75) is 33.1 Å². The van der Waals surface area contributed by atoms with E-state index in [9.17, 15) is 44.7 Å². The van der Waals surface area contributed by atoms with Crippen LogP contribution in [-0.4, -0.2) is 56.2 Å². The Bertz CT molecular complexity index is 1190. The zero-order valence-corrected chi connectivity index (χ0v) is 22.0. The highest BCUT2D eigenvalue weighted by Gasteiger charge is 2.56. The van der Waals surface area contributed by atoms with E-state index in [0.29, 0.717) is 28.9 Å². The monoisotopic (exact) mass is 579 g/mol. The lowest BCUT2D eigenvalue weighted by Gasteiger charge is -2.36. The van der Waals surface area contributed by atoms with E-state index in [2.05, 4.69) is 5.32 Å². The third kappa shape index (κ3) is 6.39. The summed E-state index contributed by atoms with van der Waals surface area (Å²) in [6.45, 7) is 1.77. The molecule has 0 aliphatic carbocycles. The standard InChI is InChI=1S/C27H29F8N3O2/c1-16-5-4-6-17(2)22(16)38-15-25(18(3)23(38)39,14-37(9-7-28)10-8-29)24(40)36-21-12-19(26(30,31)32)11-20(13-21)27(33,34)35/h4-6,11-13,18H,7-10,14-15H2,1-3H3,(H,36,40). The molecular weight excluding hydrogens is 550 g/mol. The lowest BCUT2D eigenvalue weighted by atomic mass is 9.77. The zero-order valence-electron chi connectivity index (χ0n) is 22.0. The average molecular weight is 580 g/mol. The lowest BCUT2D eigenvalue weighted by Crippen LogP contribution is -2.51. The molecule has 1 heterocycles. The molecule has 1 N–H and O–H groups in total. The number of para-hydroxylation sites is 1. The molecule has 2 unspecified atom stereocenters. The number of aryl methyl sites for hydroxylation is 2. The molecule has 2 amide bonds. The number of nitrogens with zero attached hydrogens (tertiary/aromatic N) is 2. The van der Waals surface area contributed by atoms with Gasteiger partial charge in [0.2, 0.25) is 11.8 Å². The third-order valence-corrected chi connectivity index (χ3v) is 7.22. The summed E-state index contributed by atoms with van der Waals surface area (Å²) in [5, 5.41) is 2.16. The Hall–Kier alpha value is -3.22. The number of hydrogen-bond acceptors (Lipinski definition) is 3. The van der Waals surface area contributed by atoms with Crippen molar-refractivity contribution in [3.63, 3.8) is 0 Å². The van der Waals surface area contributed by atoms with Crippen LogP contribution in [0.1, 0.15) is 29.2 Å². The molecule has 1 saturated heterocycles. The molecule has 0 spiro atoms. The van der Waals surface area contributed by atoms with Gasteiger partial charge in [0, 0.05) is 37.6 Å². The summed E-state index contributed by atoms with van der Waals surface area (Å²) in [5.41, 5.74) is -3.94. The van der Waals surface area contributed by atoms with Crippen LogP contribution in [0.15, 0.2) is 36.4 Å². The van der Waals surface area contributed by atoms with Crippen LogP contribution in [0, 0.1) is 25.2 Å². The fraction of sp³-hybridized carbons (Fsp3) is 0.481. The van der Waals surface area contributed by atoms with Crippen molar-refractivity contribution in [2.75, 3.05) is 49.7 Å². The molecular formula is C27H29F8N3O2. The van der Waals surface area contributed by atoms with E-state index in [4.69, 9.17) is 0 Å². The van der Waals surface area contributed by atoms with E-state index >= 15 is 0 Å². The molecule has 1 aliphatic heterocycles. The molecule has 1 aliphatic rings. The maximum absolute atomic E-state index is 13.8. The molecule has 40 heavy (non-hydrogen) atoms. The number of nitrogens with one attached hydrogen (secondary N) is 1. The Kier molecular flexibility index (Phi) is 9.17. The Morgan fingerprint density at radius 1 is 0.975 bits per heavy atom. The first kappa shape index (κ1) is 31.3. The molecule has 1 fully saturated rings. The molecule has 2 aromatic carbocycles. The van der Waals surface area contributed by atoms with Crippen molar-refractivity contribution in [3.8, 4) is 0 Å². The summed E-state index contributed by atoms with van der Waals surface area (Å²) in [7, 11) is 0. The number of rotatable bonds is 9. The Morgan fingerprint density at radius 2 is 1.48 bits per heavy atom. The Balaban J connectivity index is 2.12. The minimum atomic E-state index is -5.15. The highest BCUT2D eigenvalue weighted by atomic mass is 19.4. The minimum absolute atomic E-state index is 0.0694. The molecule has 3 rings (SSSR count). The number of amides is 2. The number of hydrogen-bond donors (Lipinski definition) is 1. The van der Waals surface area contributed by atoms with Gasteiger partial charge in [-0.15, -0.1) is 0 Å². The SMILES string of the molecule is Cc1cccc(C)c1N1CC(CN(CCF)CCF)(C(=O)Nc2cc(C(F)(F)F)cc(C(F)(F)F)c2)C(C)C1=O. The molecule has 2 aromatic rings. The predicted molar refractivity (Wildman–Crippen MR) is 133 cm³/mol. The van der Waals surface area contributed by atoms with Crippen LogP contribution in [0.2, 0.25) is 0 Å². The molecule has 0 aromatic heterocycles. The minimum Gasteiger partial charge on any atom is -0.325 e. The first-order chi connectivity index (χ1) is 18.5. The fourth-order valence-corrected chi connectivity index (χ4v) is 5.11. The summed E-state index contributed by atoms with van der Waals surface area (Å²) in [6, 6.07) is 5.90. The van der Waals surface area contributed by atoms with Crippen molar-refractivity contribution < 1.29 is 44.7 Å². The van der Waals surface area contributed by atoms with Crippen LogP contribution in [0.25, 0.3) is 0 Å². The maximum atomic E-state index is 13.8. The largest absolute Gasteiger partial charge is 0.416 e. The van der Waals surface area contributed by atoms with E-state index in [-0.39, 0.29) is 32.2 Å². The van der Waals surface area contributed by atoms with Crippen LogP contribution < -0.4 is 10.2 Å². The van der Waals surface area contributed by atoms with E-state index in [1.807, 2.05) is 0 Å². The molecule has 0 saturated carbocycles. The van der Waals surface area contributed by atoms with Crippen LogP contribution in [0.5, 0.6) is 0 Å². The van der Waals surface area contributed by atoms with Gasteiger partial charge in [0.15, 0.2) is 0 Å². The summed E-state index contributed by atoms with van der Waals surface area (Å²) in [6.07, 6.45) is -10.3. The topological polar surface area (TPSA) is 52.6 Å². The number of carbonyl (C=O) groups is 2. The van der Waals surface area contributed by atoms with Crippen molar-refractivity contribution in [1.82, 2.24) is 4.90 Å².